The third-order valence-electron chi connectivity index (χ3n) is 3.66. The van der Waals surface area contributed by atoms with E-state index in [-0.39, 0.29) is 29.5 Å². The fourth-order valence-electron chi connectivity index (χ4n) is 2.37. The van der Waals surface area contributed by atoms with Gasteiger partial charge in [-0.3, -0.25) is 19.7 Å². The van der Waals surface area contributed by atoms with Crippen molar-refractivity contribution in [2.45, 2.75) is 0 Å². The number of anilines is 1. The molecule has 0 bridgehead atoms. The van der Waals surface area contributed by atoms with E-state index < -0.39 is 17.3 Å². The van der Waals surface area contributed by atoms with Gasteiger partial charge in [0.1, 0.15) is 11.5 Å². The minimum Gasteiger partial charge on any atom is -0.496 e. The van der Waals surface area contributed by atoms with E-state index >= 15 is 0 Å². The smallest absolute Gasteiger partial charge is 0.314 e. The summed E-state index contributed by atoms with van der Waals surface area (Å²) in [6.07, 6.45) is 0. The second kappa shape index (κ2) is 7.09. The van der Waals surface area contributed by atoms with Crippen molar-refractivity contribution in [3.63, 3.8) is 0 Å². The van der Waals surface area contributed by atoms with Gasteiger partial charge in [-0.15, -0.1) is 0 Å². The quantitative estimate of drug-likeness (QED) is 0.478. The number of nitrogens with one attached hydrogen (secondary N) is 1. The van der Waals surface area contributed by atoms with Gasteiger partial charge in [0.15, 0.2) is 24.7 Å². The van der Waals surface area contributed by atoms with E-state index in [2.05, 4.69) is 5.32 Å². The first-order chi connectivity index (χ1) is 12.5. The van der Waals surface area contributed by atoms with Gasteiger partial charge in [0.2, 0.25) is 0 Å². The molecule has 2 aromatic carbocycles. The fraction of sp³-hybridized carbons (Fsp3) is 0.176. The Hall–Kier alpha value is -3.62. The van der Waals surface area contributed by atoms with Crippen LogP contribution in [0.1, 0.15) is 10.4 Å². The summed E-state index contributed by atoms with van der Waals surface area (Å²) in [5.41, 5.74) is 0.372. The zero-order valence-electron chi connectivity index (χ0n) is 13.7. The largest absolute Gasteiger partial charge is 0.496 e. The molecule has 0 radical (unpaired) electrons. The first-order valence-electron chi connectivity index (χ1n) is 7.53. The molecule has 0 spiro atoms. The van der Waals surface area contributed by atoms with Crippen LogP contribution in [0.4, 0.5) is 11.4 Å². The van der Waals surface area contributed by atoms with E-state index in [1.54, 1.807) is 6.07 Å². The molecular weight excluding hydrogens is 344 g/mol. The van der Waals surface area contributed by atoms with Gasteiger partial charge in [0.25, 0.3) is 5.91 Å². The number of nitro benzene ring substituents is 1. The molecule has 9 heteroatoms. The summed E-state index contributed by atoms with van der Waals surface area (Å²) in [6.45, 7) is -0.481. The number of nitro groups is 1. The molecule has 1 aliphatic rings. The highest BCUT2D eigenvalue weighted by Crippen LogP contribution is 2.32. The highest BCUT2D eigenvalue weighted by molar-refractivity contribution is 6.01. The Bertz CT molecular complexity index is 895. The lowest BCUT2D eigenvalue weighted by molar-refractivity contribution is -0.385. The number of amides is 1. The molecule has 0 aromatic heterocycles. The molecule has 1 aliphatic heterocycles. The first-order valence-corrected chi connectivity index (χ1v) is 7.53. The van der Waals surface area contributed by atoms with Gasteiger partial charge in [-0.1, -0.05) is 0 Å². The van der Waals surface area contributed by atoms with Crippen LogP contribution in [0, 0.1) is 10.1 Å². The van der Waals surface area contributed by atoms with E-state index in [9.17, 15) is 19.7 Å². The van der Waals surface area contributed by atoms with Gasteiger partial charge >= 0.3 is 5.69 Å². The SMILES string of the molecule is COc1ccc(OCC(=O)c2ccc3c(c2)NC(=O)CO3)c([N+](=O)[O-])c1. The Labute approximate surface area is 147 Å². The maximum Gasteiger partial charge on any atom is 0.314 e. The lowest BCUT2D eigenvalue weighted by atomic mass is 10.1. The maximum absolute atomic E-state index is 12.3. The molecule has 2 aromatic rings. The summed E-state index contributed by atoms with van der Waals surface area (Å²) in [5, 5.41) is 13.7. The summed E-state index contributed by atoms with van der Waals surface area (Å²) in [7, 11) is 1.39. The lowest BCUT2D eigenvalue weighted by Gasteiger charge is -2.18. The highest BCUT2D eigenvalue weighted by Gasteiger charge is 2.20. The third-order valence-corrected chi connectivity index (χ3v) is 3.66. The number of nitrogens with zero attached hydrogens (tertiary/aromatic N) is 1. The summed E-state index contributed by atoms with van der Waals surface area (Å²) >= 11 is 0. The molecule has 0 saturated heterocycles. The zero-order valence-corrected chi connectivity index (χ0v) is 13.7. The van der Waals surface area contributed by atoms with Gasteiger partial charge in [0.05, 0.1) is 23.8 Å². The summed E-state index contributed by atoms with van der Waals surface area (Å²) in [4.78, 5) is 34.2. The van der Waals surface area contributed by atoms with Crippen molar-refractivity contribution in [2.24, 2.45) is 0 Å². The predicted octanol–water partition coefficient (Wildman–Crippen LogP) is 2.20. The number of hydrogen-bond donors (Lipinski definition) is 1. The van der Waals surface area contributed by atoms with Gasteiger partial charge in [0, 0.05) is 5.56 Å². The van der Waals surface area contributed by atoms with Gasteiger partial charge in [-0.2, -0.15) is 0 Å². The molecule has 0 fully saturated rings. The van der Waals surface area contributed by atoms with Gasteiger partial charge < -0.3 is 19.5 Å². The molecule has 3 rings (SSSR count). The van der Waals surface area contributed by atoms with Crippen LogP contribution in [-0.2, 0) is 4.79 Å². The lowest BCUT2D eigenvalue weighted by Crippen LogP contribution is -2.25. The van der Waals surface area contributed by atoms with Crippen LogP contribution in [0.25, 0.3) is 0 Å². The minimum absolute atomic E-state index is 0.0428. The molecule has 1 amide bonds. The van der Waals surface area contributed by atoms with Crippen molar-refractivity contribution < 1.29 is 28.7 Å². The molecule has 9 nitrogen and oxygen atoms in total. The number of fused-ring (bicyclic) bond motifs is 1. The molecule has 0 aliphatic carbocycles. The Morgan fingerprint density at radius 3 is 2.85 bits per heavy atom. The molecule has 0 unspecified atom stereocenters. The molecule has 1 N–H and O–H groups in total. The van der Waals surface area contributed by atoms with Crippen LogP contribution < -0.4 is 19.5 Å². The fourth-order valence-corrected chi connectivity index (χ4v) is 2.37. The molecule has 1 heterocycles. The molecule has 26 heavy (non-hydrogen) atoms. The average Bonchev–Trinajstić information content (AvgIpc) is 2.65. The van der Waals surface area contributed by atoms with Gasteiger partial charge in [-0.05, 0) is 30.3 Å². The summed E-state index contributed by atoms with van der Waals surface area (Å²) in [6, 6.07) is 8.65. The standard InChI is InChI=1S/C17H14N2O7/c1-24-11-3-5-16(13(7-11)19(22)23)25-8-14(20)10-2-4-15-12(6-10)18-17(21)9-26-15/h2-7H,8-9H2,1H3,(H,18,21). The van der Waals surface area contributed by atoms with Crippen LogP contribution in [0.5, 0.6) is 17.2 Å². The minimum atomic E-state index is -0.617. The molecule has 0 saturated carbocycles. The van der Waals surface area contributed by atoms with E-state index in [1.165, 1.54) is 37.4 Å². The van der Waals surface area contributed by atoms with Crippen molar-refractivity contribution in [1.82, 2.24) is 0 Å². The zero-order chi connectivity index (χ0) is 18.7. The highest BCUT2D eigenvalue weighted by atomic mass is 16.6. The monoisotopic (exact) mass is 358 g/mol. The number of rotatable bonds is 6. The van der Waals surface area contributed by atoms with E-state index in [4.69, 9.17) is 14.2 Å². The Morgan fingerprint density at radius 2 is 2.12 bits per heavy atom. The summed E-state index contributed by atoms with van der Waals surface area (Å²) < 4.78 is 15.5. The Kier molecular flexibility index (Phi) is 4.70. The maximum atomic E-state index is 12.3. The van der Waals surface area contributed by atoms with Crippen LogP contribution in [0.2, 0.25) is 0 Å². The predicted molar refractivity (Wildman–Crippen MR) is 90.0 cm³/mol. The number of ketones is 1. The normalized spacial score (nSPS) is 12.4. The number of methoxy groups -OCH3 is 1. The van der Waals surface area contributed by atoms with Gasteiger partial charge in [-0.25, -0.2) is 0 Å². The summed E-state index contributed by atoms with van der Waals surface area (Å²) in [5.74, 6) is 0.0114. The van der Waals surface area contributed by atoms with Crippen molar-refractivity contribution in [3.05, 3.63) is 52.1 Å². The third kappa shape index (κ3) is 3.56. The number of hydrogen-bond acceptors (Lipinski definition) is 7. The number of carbonyl (C=O) groups is 2. The number of Topliss-reactive ketones (excluding diaryl/α,β-unsaturated/α-hetero) is 1. The van der Waals surface area contributed by atoms with Crippen molar-refractivity contribution in [2.75, 3.05) is 25.6 Å². The van der Waals surface area contributed by atoms with Crippen molar-refractivity contribution in [1.29, 1.82) is 0 Å². The van der Waals surface area contributed by atoms with Crippen molar-refractivity contribution in [3.8, 4) is 17.2 Å². The van der Waals surface area contributed by atoms with Crippen LogP contribution >= 0.6 is 0 Å². The van der Waals surface area contributed by atoms with Crippen LogP contribution in [0.15, 0.2) is 36.4 Å². The van der Waals surface area contributed by atoms with Crippen LogP contribution in [0.3, 0.4) is 0 Å². The Morgan fingerprint density at radius 1 is 1.31 bits per heavy atom. The van der Waals surface area contributed by atoms with E-state index in [0.717, 1.165) is 0 Å². The first kappa shape index (κ1) is 17.2. The number of benzene rings is 2. The second-order valence-corrected chi connectivity index (χ2v) is 5.35. The molecule has 0 atom stereocenters. The second-order valence-electron chi connectivity index (χ2n) is 5.35. The average molecular weight is 358 g/mol. The van der Waals surface area contributed by atoms with E-state index in [1.807, 2.05) is 0 Å². The number of carbonyl (C=O) groups excluding carboxylic acids is 2. The van der Waals surface area contributed by atoms with E-state index in [0.29, 0.717) is 17.2 Å². The molecule has 134 valence electrons. The topological polar surface area (TPSA) is 117 Å². The van der Waals surface area contributed by atoms with Crippen LogP contribution in [-0.4, -0.2) is 36.9 Å². The van der Waals surface area contributed by atoms with Crippen molar-refractivity contribution >= 4 is 23.1 Å². The Balaban J connectivity index is 1.74. The number of ether oxygens (including phenoxy) is 3. The molecular formula is C17H14N2O7.